The number of methoxy groups -OCH3 is 1. The summed E-state index contributed by atoms with van der Waals surface area (Å²) in [5, 5.41) is 12.5. The molecule has 5 nitrogen and oxygen atoms in total. The number of alkyl halides is 3. The van der Waals surface area contributed by atoms with E-state index in [1.54, 1.807) is 49.6 Å². The highest BCUT2D eigenvalue weighted by Gasteiger charge is 2.31. The highest BCUT2D eigenvalue weighted by Crippen LogP contribution is 2.42. The maximum Gasteiger partial charge on any atom is 0.416 e. The molecule has 0 spiro atoms. The predicted octanol–water partition coefficient (Wildman–Crippen LogP) is 7.95. The van der Waals surface area contributed by atoms with Gasteiger partial charge in [-0.15, -0.1) is 0 Å². The Hall–Kier alpha value is -4.30. The first-order valence-electron chi connectivity index (χ1n) is 14.4. The fourth-order valence-electron chi connectivity index (χ4n) is 4.88. The second kappa shape index (κ2) is 15.3. The topological polar surface area (TPSA) is 67.8 Å². The van der Waals surface area contributed by atoms with Gasteiger partial charge in [0.2, 0.25) is 0 Å². The molecule has 4 rings (SSSR count). The van der Waals surface area contributed by atoms with E-state index < -0.39 is 11.7 Å². The van der Waals surface area contributed by atoms with Gasteiger partial charge in [-0.1, -0.05) is 67.4 Å². The largest absolute Gasteiger partial charge is 0.497 e. The molecular formula is C35H36F3NO4. The van der Waals surface area contributed by atoms with E-state index >= 15 is 0 Å². The fraction of sp³-hybridized carbons (Fsp3) is 0.286. The summed E-state index contributed by atoms with van der Waals surface area (Å²) in [6.07, 6.45) is 0.362. The average Bonchev–Trinajstić information content (AvgIpc) is 3.03. The van der Waals surface area contributed by atoms with Crippen molar-refractivity contribution in [1.29, 1.82) is 0 Å². The highest BCUT2D eigenvalue weighted by atomic mass is 19.4. The molecule has 0 fully saturated rings. The third-order valence-corrected chi connectivity index (χ3v) is 7.11. The molecule has 226 valence electrons. The van der Waals surface area contributed by atoms with Gasteiger partial charge in [0.25, 0.3) is 5.91 Å². The molecule has 43 heavy (non-hydrogen) atoms. The summed E-state index contributed by atoms with van der Waals surface area (Å²) in [5.41, 5.74) is 2.54. The molecule has 4 aromatic carbocycles. The molecule has 0 atom stereocenters. The Morgan fingerprint density at radius 3 is 2.19 bits per heavy atom. The van der Waals surface area contributed by atoms with Crippen LogP contribution in [-0.4, -0.2) is 37.9 Å². The summed E-state index contributed by atoms with van der Waals surface area (Å²) < 4.78 is 52.0. The maximum atomic E-state index is 13.6. The zero-order chi connectivity index (χ0) is 30.7. The Morgan fingerprint density at radius 2 is 1.51 bits per heavy atom. The van der Waals surface area contributed by atoms with Crippen LogP contribution in [0, 0.1) is 0 Å². The number of nitrogens with one attached hydrogen (secondary N) is 1. The van der Waals surface area contributed by atoms with Gasteiger partial charge >= 0.3 is 6.18 Å². The number of benzene rings is 4. The number of aliphatic hydroxyl groups is 1. The van der Waals surface area contributed by atoms with Crippen molar-refractivity contribution in [2.75, 3.05) is 26.9 Å². The van der Waals surface area contributed by atoms with Crippen LogP contribution in [0.5, 0.6) is 11.5 Å². The van der Waals surface area contributed by atoms with Crippen LogP contribution in [-0.2, 0) is 12.6 Å². The van der Waals surface area contributed by atoms with Crippen molar-refractivity contribution in [3.63, 3.8) is 0 Å². The second-order valence-corrected chi connectivity index (χ2v) is 10.2. The number of amides is 1. The number of ether oxygens (including phenoxy) is 2. The third kappa shape index (κ3) is 8.85. The van der Waals surface area contributed by atoms with Gasteiger partial charge in [-0.3, -0.25) is 4.79 Å². The Bertz CT molecular complexity index is 1470. The Kier molecular flexibility index (Phi) is 11.2. The summed E-state index contributed by atoms with van der Waals surface area (Å²) in [4.78, 5) is 13.3. The number of rotatable bonds is 14. The number of halogens is 3. The molecule has 0 saturated heterocycles. The van der Waals surface area contributed by atoms with Gasteiger partial charge in [-0.25, -0.2) is 0 Å². The van der Waals surface area contributed by atoms with Gasteiger partial charge in [0, 0.05) is 23.2 Å². The van der Waals surface area contributed by atoms with Crippen molar-refractivity contribution in [3.05, 3.63) is 108 Å². The molecule has 2 N–H and O–H groups in total. The van der Waals surface area contributed by atoms with Crippen LogP contribution < -0.4 is 14.8 Å². The molecule has 0 bridgehead atoms. The van der Waals surface area contributed by atoms with Crippen molar-refractivity contribution in [2.24, 2.45) is 0 Å². The van der Waals surface area contributed by atoms with Crippen LogP contribution in [0.1, 0.15) is 47.2 Å². The van der Waals surface area contributed by atoms with E-state index in [1.165, 1.54) is 11.6 Å². The molecule has 0 heterocycles. The number of unbranched alkanes of at least 4 members (excludes halogenated alkanes) is 3. The first kappa shape index (κ1) is 31.6. The van der Waals surface area contributed by atoms with E-state index in [0.29, 0.717) is 34.5 Å². The smallest absolute Gasteiger partial charge is 0.416 e. The summed E-state index contributed by atoms with van der Waals surface area (Å²) in [5.74, 6) is 0.562. The normalized spacial score (nSPS) is 11.3. The summed E-state index contributed by atoms with van der Waals surface area (Å²) in [6, 6.07) is 25.5. The first-order chi connectivity index (χ1) is 20.8. The first-order valence-corrected chi connectivity index (χ1v) is 14.4. The van der Waals surface area contributed by atoms with Crippen molar-refractivity contribution in [3.8, 4) is 33.8 Å². The van der Waals surface area contributed by atoms with Gasteiger partial charge in [0.15, 0.2) is 0 Å². The van der Waals surface area contributed by atoms with E-state index in [-0.39, 0.29) is 30.4 Å². The minimum atomic E-state index is -4.54. The second-order valence-electron chi connectivity index (χ2n) is 10.2. The number of hydrogen-bond acceptors (Lipinski definition) is 4. The Morgan fingerprint density at radius 1 is 0.814 bits per heavy atom. The minimum absolute atomic E-state index is 0.0784. The van der Waals surface area contributed by atoms with Gasteiger partial charge in [-0.2, -0.15) is 13.2 Å². The fourth-order valence-corrected chi connectivity index (χ4v) is 4.88. The van der Waals surface area contributed by atoms with Crippen molar-refractivity contribution in [1.82, 2.24) is 5.32 Å². The van der Waals surface area contributed by atoms with Crippen molar-refractivity contribution in [2.45, 2.75) is 38.3 Å². The van der Waals surface area contributed by atoms with Crippen LogP contribution in [0.25, 0.3) is 22.3 Å². The van der Waals surface area contributed by atoms with Gasteiger partial charge in [0.05, 0.1) is 19.3 Å². The Balaban J connectivity index is 1.59. The number of carbonyl (C=O) groups is 1. The molecule has 8 heteroatoms. The summed E-state index contributed by atoms with van der Waals surface area (Å²) >= 11 is 0. The molecule has 4 aromatic rings. The number of aliphatic hydroxyl groups excluding tert-OH is 1. The quantitative estimate of drug-likeness (QED) is 0.146. The molecular weight excluding hydrogens is 555 g/mol. The van der Waals surface area contributed by atoms with Crippen LogP contribution >= 0.6 is 0 Å². The lowest BCUT2D eigenvalue weighted by Crippen LogP contribution is -2.24. The van der Waals surface area contributed by atoms with Crippen molar-refractivity contribution >= 4 is 5.91 Å². The molecule has 0 aliphatic carbocycles. The van der Waals surface area contributed by atoms with Crippen LogP contribution in [0.15, 0.2) is 91.0 Å². The predicted molar refractivity (Wildman–Crippen MR) is 162 cm³/mol. The lowest BCUT2D eigenvalue weighted by Gasteiger charge is -2.19. The van der Waals surface area contributed by atoms with E-state index in [1.807, 2.05) is 18.2 Å². The molecule has 0 radical (unpaired) electrons. The zero-order valence-corrected chi connectivity index (χ0v) is 24.1. The summed E-state index contributed by atoms with van der Waals surface area (Å²) in [7, 11) is 1.55. The highest BCUT2D eigenvalue weighted by molar-refractivity contribution is 5.99. The van der Waals surface area contributed by atoms with Crippen LogP contribution in [0.2, 0.25) is 0 Å². The third-order valence-electron chi connectivity index (χ3n) is 7.11. The van der Waals surface area contributed by atoms with E-state index in [9.17, 15) is 23.1 Å². The Labute approximate surface area is 250 Å². The monoisotopic (exact) mass is 591 g/mol. The van der Waals surface area contributed by atoms with Crippen LogP contribution in [0.3, 0.4) is 0 Å². The SMILES string of the molecule is COc1ccc(-c2cc(C(=O)NCCCCCCc3ccccc3)cc(-c3cccc(C(F)(F)F)c3)c2OCCO)cc1. The summed E-state index contributed by atoms with van der Waals surface area (Å²) in [6.45, 7) is 0.103. The van der Waals surface area contributed by atoms with E-state index in [4.69, 9.17) is 9.47 Å². The van der Waals surface area contributed by atoms with E-state index in [0.717, 1.165) is 44.2 Å². The molecule has 0 aliphatic rings. The standard InChI is InChI=1S/C35H36F3NO4/c1-42-30-17-15-26(16-18-30)31-23-28(34(41)39-19-8-3-2-5-10-25-11-6-4-7-12-25)24-32(33(31)43-21-20-40)27-13-9-14-29(22-27)35(36,37)38/h4,6-7,9,11-18,22-24,40H,2-3,5,8,10,19-21H2,1H3,(H,39,41). The number of aryl methyl sites for hydroxylation is 1. The lowest BCUT2D eigenvalue weighted by molar-refractivity contribution is -0.137. The minimum Gasteiger partial charge on any atom is -0.497 e. The zero-order valence-electron chi connectivity index (χ0n) is 24.1. The molecule has 0 aliphatic heterocycles. The van der Waals surface area contributed by atoms with Gasteiger partial charge in [0.1, 0.15) is 18.1 Å². The lowest BCUT2D eigenvalue weighted by atomic mass is 9.93. The van der Waals surface area contributed by atoms with Gasteiger partial charge in [-0.05, 0) is 72.4 Å². The van der Waals surface area contributed by atoms with Crippen molar-refractivity contribution < 1.29 is 32.5 Å². The molecule has 1 amide bonds. The number of hydrogen-bond donors (Lipinski definition) is 2. The van der Waals surface area contributed by atoms with Gasteiger partial charge < -0.3 is 19.9 Å². The molecule has 0 aromatic heterocycles. The maximum absolute atomic E-state index is 13.6. The van der Waals surface area contributed by atoms with E-state index in [2.05, 4.69) is 17.4 Å². The number of carbonyl (C=O) groups excluding carboxylic acids is 1. The molecule has 0 saturated carbocycles. The van der Waals surface area contributed by atoms with Crippen LogP contribution in [0.4, 0.5) is 13.2 Å². The average molecular weight is 592 g/mol. The molecule has 0 unspecified atom stereocenters.